The smallest absolute Gasteiger partial charge is 0.191 e. The number of ether oxygens (including phenoxy) is 1. The summed E-state index contributed by atoms with van der Waals surface area (Å²) in [5, 5.41) is 7.73. The summed E-state index contributed by atoms with van der Waals surface area (Å²) in [6.07, 6.45) is 0.907. The molecule has 1 aromatic carbocycles. The molecule has 0 spiro atoms. The minimum atomic E-state index is 0.636. The monoisotopic (exact) mass is 346 g/mol. The van der Waals surface area contributed by atoms with Crippen LogP contribution in [0.25, 0.3) is 0 Å². The molecule has 0 fully saturated rings. The van der Waals surface area contributed by atoms with Crippen LogP contribution in [-0.2, 0) is 17.8 Å². The second-order valence-corrected chi connectivity index (χ2v) is 6.75. The minimum Gasteiger partial charge on any atom is -0.375 e. The number of thiazole rings is 1. The Morgan fingerprint density at radius 2 is 1.92 bits per heavy atom. The Kier molecular flexibility index (Phi) is 7.71. The normalized spacial score (nSPS) is 11.5. The van der Waals surface area contributed by atoms with Crippen LogP contribution in [0, 0.1) is 13.8 Å². The fraction of sp³-hybridized carbons (Fsp3) is 0.444. The molecule has 0 saturated heterocycles. The number of rotatable bonds is 8. The standard InChI is InChI=1S/C18H26N4OS/c1-14-15(2)24-17(22-14)9-10-20-18(19-3)21-11-12-23-13-16-7-5-4-6-8-16/h4-8H,9-13H2,1-3H3,(H2,19,20,21). The summed E-state index contributed by atoms with van der Waals surface area (Å²) in [5.41, 5.74) is 2.32. The zero-order valence-electron chi connectivity index (χ0n) is 14.6. The molecule has 5 nitrogen and oxygen atoms in total. The van der Waals surface area contributed by atoms with Gasteiger partial charge in [-0.2, -0.15) is 0 Å². The van der Waals surface area contributed by atoms with Crippen molar-refractivity contribution in [3.8, 4) is 0 Å². The first kappa shape index (κ1) is 18.4. The second kappa shape index (κ2) is 10.1. The summed E-state index contributed by atoms with van der Waals surface area (Å²) in [4.78, 5) is 10.1. The molecule has 1 aromatic heterocycles. The lowest BCUT2D eigenvalue weighted by Crippen LogP contribution is -2.39. The van der Waals surface area contributed by atoms with Crippen LogP contribution in [-0.4, -0.2) is 37.7 Å². The Morgan fingerprint density at radius 3 is 2.58 bits per heavy atom. The number of benzene rings is 1. The molecule has 0 unspecified atom stereocenters. The number of aliphatic imine (C=N–C) groups is 1. The number of aromatic nitrogens is 1. The molecule has 0 aliphatic carbocycles. The summed E-state index contributed by atoms with van der Waals surface area (Å²) >= 11 is 1.76. The molecule has 2 rings (SSSR count). The third-order valence-electron chi connectivity index (χ3n) is 3.58. The van der Waals surface area contributed by atoms with Crippen LogP contribution in [0.3, 0.4) is 0 Å². The summed E-state index contributed by atoms with van der Waals surface area (Å²) in [6.45, 7) is 6.98. The van der Waals surface area contributed by atoms with E-state index >= 15 is 0 Å². The maximum Gasteiger partial charge on any atom is 0.191 e. The van der Waals surface area contributed by atoms with Gasteiger partial charge in [0.1, 0.15) is 0 Å². The predicted molar refractivity (Wildman–Crippen MR) is 101 cm³/mol. The van der Waals surface area contributed by atoms with E-state index < -0.39 is 0 Å². The van der Waals surface area contributed by atoms with Crippen molar-refractivity contribution < 1.29 is 4.74 Å². The van der Waals surface area contributed by atoms with E-state index in [1.807, 2.05) is 18.2 Å². The maximum absolute atomic E-state index is 5.65. The molecule has 0 atom stereocenters. The number of guanidine groups is 1. The topological polar surface area (TPSA) is 58.5 Å². The molecule has 0 radical (unpaired) electrons. The molecule has 24 heavy (non-hydrogen) atoms. The van der Waals surface area contributed by atoms with Gasteiger partial charge in [0.05, 0.1) is 23.9 Å². The van der Waals surface area contributed by atoms with Gasteiger partial charge in [-0.05, 0) is 19.4 Å². The van der Waals surface area contributed by atoms with Crippen LogP contribution in [0.15, 0.2) is 35.3 Å². The molecule has 0 amide bonds. The highest BCUT2D eigenvalue weighted by atomic mass is 32.1. The molecule has 0 aliphatic heterocycles. The molecular formula is C18H26N4OS. The van der Waals surface area contributed by atoms with Crippen LogP contribution in [0.5, 0.6) is 0 Å². The van der Waals surface area contributed by atoms with Crippen molar-refractivity contribution in [2.24, 2.45) is 4.99 Å². The molecule has 1 heterocycles. The largest absolute Gasteiger partial charge is 0.375 e. The number of hydrogen-bond donors (Lipinski definition) is 2. The van der Waals surface area contributed by atoms with E-state index in [0.29, 0.717) is 13.2 Å². The fourth-order valence-electron chi connectivity index (χ4n) is 2.16. The highest BCUT2D eigenvalue weighted by Crippen LogP contribution is 2.16. The van der Waals surface area contributed by atoms with Crippen molar-refractivity contribution >= 4 is 17.3 Å². The van der Waals surface area contributed by atoms with Crippen molar-refractivity contribution in [1.82, 2.24) is 15.6 Å². The molecule has 0 bridgehead atoms. The molecule has 0 aliphatic rings. The fourth-order valence-corrected chi connectivity index (χ4v) is 3.09. The van der Waals surface area contributed by atoms with Gasteiger partial charge in [-0.25, -0.2) is 4.98 Å². The Balaban J connectivity index is 1.58. The SMILES string of the molecule is CN=C(NCCOCc1ccccc1)NCCc1nc(C)c(C)s1. The molecule has 0 saturated carbocycles. The molecule has 2 aromatic rings. The third kappa shape index (κ3) is 6.29. The summed E-state index contributed by atoms with van der Waals surface area (Å²) in [5.74, 6) is 0.795. The Labute approximate surface area is 148 Å². The Morgan fingerprint density at radius 1 is 1.17 bits per heavy atom. The van der Waals surface area contributed by atoms with Crippen molar-refractivity contribution in [3.63, 3.8) is 0 Å². The van der Waals surface area contributed by atoms with Crippen molar-refractivity contribution in [2.45, 2.75) is 26.9 Å². The number of nitrogens with zero attached hydrogens (tertiary/aromatic N) is 2. The lowest BCUT2D eigenvalue weighted by atomic mass is 10.2. The van der Waals surface area contributed by atoms with Gasteiger partial charge in [0, 0.05) is 31.4 Å². The van der Waals surface area contributed by atoms with Crippen molar-refractivity contribution in [3.05, 3.63) is 51.5 Å². The number of hydrogen-bond acceptors (Lipinski definition) is 4. The third-order valence-corrected chi connectivity index (χ3v) is 4.71. The quantitative estimate of drug-likeness (QED) is 0.438. The first-order chi connectivity index (χ1) is 11.7. The zero-order valence-corrected chi connectivity index (χ0v) is 15.4. The van der Waals surface area contributed by atoms with Gasteiger partial charge in [0.15, 0.2) is 5.96 Å². The van der Waals surface area contributed by atoms with Crippen molar-refractivity contribution in [1.29, 1.82) is 0 Å². The van der Waals surface area contributed by atoms with E-state index in [2.05, 4.69) is 46.6 Å². The van der Waals surface area contributed by atoms with Crippen molar-refractivity contribution in [2.75, 3.05) is 26.7 Å². The highest BCUT2D eigenvalue weighted by molar-refractivity contribution is 7.11. The zero-order chi connectivity index (χ0) is 17.2. The van der Waals surface area contributed by atoms with Gasteiger partial charge < -0.3 is 15.4 Å². The van der Waals surface area contributed by atoms with E-state index in [-0.39, 0.29) is 0 Å². The van der Waals surface area contributed by atoms with E-state index in [0.717, 1.165) is 31.2 Å². The molecular weight excluding hydrogens is 320 g/mol. The number of nitrogens with one attached hydrogen (secondary N) is 2. The average molecular weight is 347 g/mol. The van der Waals surface area contributed by atoms with Crippen LogP contribution >= 0.6 is 11.3 Å². The molecule has 130 valence electrons. The van der Waals surface area contributed by atoms with E-state index in [1.165, 1.54) is 15.4 Å². The lowest BCUT2D eigenvalue weighted by Gasteiger charge is -2.11. The highest BCUT2D eigenvalue weighted by Gasteiger charge is 2.04. The average Bonchev–Trinajstić information content (AvgIpc) is 2.92. The van der Waals surface area contributed by atoms with Gasteiger partial charge in [-0.3, -0.25) is 4.99 Å². The predicted octanol–water partition coefficient (Wildman–Crippen LogP) is 2.68. The molecule has 2 N–H and O–H groups in total. The Bertz CT molecular complexity index is 620. The van der Waals surface area contributed by atoms with Gasteiger partial charge in [0.2, 0.25) is 0 Å². The van der Waals surface area contributed by atoms with Gasteiger partial charge in [0.25, 0.3) is 0 Å². The first-order valence-electron chi connectivity index (χ1n) is 8.18. The van der Waals surface area contributed by atoms with Crippen LogP contribution < -0.4 is 10.6 Å². The van der Waals surface area contributed by atoms with E-state index in [1.54, 1.807) is 18.4 Å². The number of aryl methyl sites for hydroxylation is 2. The molecule has 6 heteroatoms. The Hall–Kier alpha value is -1.92. The van der Waals surface area contributed by atoms with Crippen LogP contribution in [0.2, 0.25) is 0 Å². The first-order valence-corrected chi connectivity index (χ1v) is 9.00. The summed E-state index contributed by atoms with van der Waals surface area (Å²) in [7, 11) is 1.78. The summed E-state index contributed by atoms with van der Waals surface area (Å²) in [6, 6.07) is 10.2. The van der Waals surface area contributed by atoms with Crippen LogP contribution in [0.4, 0.5) is 0 Å². The second-order valence-electron chi connectivity index (χ2n) is 5.46. The maximum atomic E-state index is 5.65. The van der Waals surface area contributed by atoms with Gasteiger partial charge >= 0.3 is 0 Å². The van der Waals surface area contributed by atoms with E-state index in [4.69, 9.17) is 4.74 Å². The van der Waals surface area contributed by atoms with Gasteiger partial charge in [-0.15, -0.1) is 11.3 Å². The van der Waals surface area contributed by atoms with Crippen LogP contribution in [0.1, 0.15) is 21.1 Å². The van der Waals surface area contributed by atoms with E-state index in [9.17, 15) is 0 Å². The lowest BCUT2D eigenvalue weighted by molar-refractivity contribution is 0.125. The summed E-state index contributed by atoms with van der Waals surface area (Å²) < 4.78 is 5.65. The van der Waals surface area contributed by atoms with Gasteiger partial charge in [-0.1, -0.05) is 30.3 Å². The minimum absolute atomic E-state index is 0.636.